The Kier molecular flexibility index (Phi) is 8.32. The van der Waals surface area contributed by atoms with Gasteiger partial charge in [0.15, 0.2) is 5.11 Å². The summed E-state index contributed by atoms with van der Waals surface area (Å²) in [4.78, 5) is 9.47. The molecule has 4 heterocycles. The van der Waals surface area contributed by atoms with Crippen LogP contribution in [0, 0.1) is 13.8 Å². The zero-order valence-corrected chi connectivity index (χ0v) is 24.5. The van der Waals surface area contributed by atoms with Crippen molar-refractivity contribution >= 4 is 23.0 Å². The predicted octanol–water partition coefficient (Wildman–Crippen LogP) is 6.19. The van der Waals surface area contributed by atoms with Crippen LogP contribution in [0.15, 0.2) is 85.1 Å². The Morgan fingerprint density at radius 2 is 1.66 bits per heavy atom. The van der Waals surface area contributed by atoms with Gasteiger partial charge in [-0.25, -0.2) is 0 Å². The second-order valence-corrected chi connectivity index (χ2v) is 11.1. The summed E-state index contributed by atoms with van der Waals surface area (Å²) in [7, 11) is 0. The van der Waals surface area contributed by atoms with Gasteiger partial charge >= 0.3 is 0 Å². The van der Waals surface area contributed by atoms with Crippen molar-refractivity contribution in [3.63, 3.8) is 0 Å². The summed E-state index contributed by atoms with van der Waals surface area (Å²) in [5.41, 5.74) is 5.80. The van der Waals surface area contributed by atoms with Crippen molar-refractivity contribution in [3.8, 4) is 11.5 Å². The monoisotopic (exact) mass is 567 g/mol. The highest BCUT2D eigenvalue weighted by atomic mass is 32.1. The Morgan fingerprint density at radius 1 is 0.927 bits per heavy atom. The number of benzene rings is 2. The second kappa shape index (κ2) is 12.4. The number of nitrogens with one attached hydrogen (secondary N) is 1. The van der Waals surface area contributed by atoms with Gasteiger partial charge < -0.3 is 24.3 Å². The SMILES string of the molecule is Cc1cc([C@@H]2[C@H](c3ccccn3)NC(=S)N2c2ccc(Oc3ccccc3)cc2)c(C)n1CCCN1CCOCC1. The van der Waals surface area contributed by atoms with Gasteiger partial charge in [0.05, 0.1) is 31.0 Å². The summed E-state index contributed by atoms with van der Waals surface area (Å²) in [6, 6.07) is 26.3. The summed E-state index contributed by atoms with van der Waals surface area (Å²) < 4.78 is 14.0. The molecule has 0 amide bonds. The lowest BCUT2D eigenvalue weighted by Gasteiger charge is -2.28. The molecule has 6 rings (SSSR count). The van der Waals surface area contributed by atoms with Gasteiger partial charge in [-0.3, -0.25) is 9.88 Å². The zero-order chi connectivity index (χ0) is 28.2. The first-order chi connectivity index (χ1) is 20.1. The average molecular weight is 568 g/mol. The lowest BCUT2D eigenvalue weighted by Crippen LogP contribution is -2.37. The molecule has 0 aliphatic carbocycles. The average Bonchev–Trinajstić information content (AvgIpc) is 3.50. The molecule has 212 valence electrons. The van der Waals surface area contributed by atoms with E-state index in [0.717, 1.165) is 68.7 Å². The molecule has 4 aromatic rings. The number of aryl methyl sites for hydroxylation is 1. The van der Waals surface area contributed by atoms with Crippen molar-refractivity contribution in [2.75, 3.05) is 37.7 Å². The highest BCUT2D eigenvalue weighted by Gasteiger charge is 2.42. The first-order valence-electron chi connectivity index (χ1n) is 14.4. The molecule has 0 radical (unpaired) electrons. The normalized spacial score (nSPS) is 19.4. The number of thiocarbonyl (C=S) groups is 1. The van der Waals surface area contributed by atoms with Crippen LogP contribution in [0.5, 0.6) is 11.5 Å². The van der Waals surface area contributed by atoms with Gasteiger partial charge in [-0.2, -0.15) is 0 Å². The standard InChI is InChI=1S/C33H37N5O2S/c1-24-23-29(25(2)37(24)18-8-17-36-19-21-39-22-20-36)32-31(30-11-6-7-16-34-30)35-33(41)38(32)26-12-14-28(15-13-26)40-27-9-4-3-5-10-27/h3-7,9-16,23,31-32H,8,17-22H2,1-2H3,(H,35,41)/t31-,32+/m0/s1. The molecular formula is C33H37N5O2S. The molecule has 0 saturated carbocycles. The van der Waals surface area contributed by atoms with E-state index in [2.05, 4.69) is 57.8 Å². The van der Waals surface area contributed by atoms with Gasteiger partial charge in [-0.1, -0.05) is 24.3 Å². The van der Waals surface area contributed by atoms with Gasteiger partial charge in [0.1, 0.15) is 11.5 Å². The van der Waals surface area contributed by atoms with E-state index < -0.39 is 0 Å². The van der Waals surface area contributed by atoms with Gasteiger partial charge in [0, 0.05) is 49.5 Å². The third-order valence-electron chi connectivity index (χ3n) is 8.08. The van der Waals surface area contributed by atoms with E-state index in [4.69, 9.17) is 26.7 Å². The van der Waals surface area contributed by atoms with E-state index >= 15 is 0 Å². The molecule has 0 spiro atoms. The Bertz CT molecular complexity index is 1450. The van der Waals surface area contributed by atoms with Crippen LogP contribution in [-0.4, -0.2) is 52.4 Å². The van der Waals surface area contributed by atoms with E-state index in [0.29, 0.717) is 5.11 Å². The number of nitrogens with zero attached hydrogens (tertiary/aromatic N) is 4. The molecule has 8 heteroatoms. The maximum atomic E-state index is 6.05. The van der Waals surface area contributed by atoms with Crippen molar-refractivity contribution in [3.05, 3.63) is 108 Å². The van der Waals surface area contributed by atoms with E-state index in [9.17, 15) is 0 Å². The van der Waals surface area contributed by atoms with Gasteiger partial charge in [0.2, 0.25) is 0 Å². The van der Waals surface area contributed by atoms with Crippen molar-refractivity contribution in [1.29, 1.82) is 0 Å². The maximum absolute atomic E-state index is 6.05. The summed E-state index contributed by atoms with van der Waals surface area (Å²) in [6.07, 6.45) is 2.96. The number of pyridine rings is 1. The number of para-hydroxylation sites is 1. The number of morpholine rings is 1. The number of rotatable bonds is 9. The van der Waals surface area contributed by atoms with Crippen LogP contribution in [0.3, 0.4) is 0 Å². The molecule has 2 aliphatic rings. The molecular weight excluding hydrogens is 530 g/mol. The molecule has 2 saturated heterocycles. The lowest BCUT2D eigenvalue weighted by atomic mass is 9.96. The van der Waals surface area contributed by atoms with Gasteiger partial charge in [-0.05, 0) is 92.6 Å². The zero-order valence-electron chi connectivity index (χ0n) is 23.7. The number of hydrogen-bond donors (Lipinski definition) is 1. The topological polar surface area (TPSA) is 54.8 Å². The van der Waals surface area contributed by atoms with Gasteiger partial charge in [0.25, 0.3) is 0 Å². The minimum Gasteiger partial charge on any atom is -0.457 e. The van der Waals surface area contributed by atoms with Crippen LogP contribution in [0.25, 0.3) is 0 Å². The molecule has 0 unspecified atom stereocenters. The van der Waals surface area contributed by atoms with Crippen LogP contribution in [0.1, 0.15) is 41.1 Å². The third kappa shape index (κ3) is 6.00. The summed E-state index contributed by atoms with van der Waals surface area (Å²) in [5.74, 6) is 1.60. The lowest BCUT2D eigenvalue weighted by molar-refractivity contribution is 0.0369. The largest absolute Gasteiger partial charge is 0.457 e. The molecule has 2 aromatic carbocycles. The van der Waals surface area contributed by atoms with Crippen molar-refractivity contribution < 1.29 is 9.47 Å². The van der Waals surface area contributed by atoms with Crippen molar-refractivity contribution in [2.45, 2.75) is 38.9 Å². The van der Waals surface area contributed by atoms with Crippen LogP contribution in [-0.2, 0) is 11.3 Å². The minimum atomic E-state index is -0.0776. The Hall–Kier alpha value is -3.72. The first-order valence-corrected chi connectivity index (χ1v) is 14.8. The number of ether oxygens (including phenoxy) is 2. The number of aromatic nitrogens is 2. The van der Waals surface area contributed by atoms with E-state index in [-0.39, 0.29) is 12.1 Å². The third-order valence-corrected chi connectivity index (χ3v) is 8.40. The number of anilines is 1. The highest BCUT2D eigenvalue weighted by molar-refractivity contribution is 7.80. The van der Waals surface area contributed by atoms with Crippen molar-refractivity contribution in [1.82, 2.24) is 19.8 Å². The Labute approximate surface area is 247 Å². The van der Waals surface area contributed by atoms with E-state index in [1.54, 1.807) is 0 Å². The molecule has 1 N–H and O–H groups in total. The molecule has 2 aromatic heterocycles. The molecule has 41 heavy (non-hydrogen) atoms. The van der Waals surface area contributed by atoms with Crippen molar-refractivity contribution in [2.24, 2.45) is 0 Å². The summed E-state index contributed by atoms with van der Waals surface area (Å²) >= 11 is 5.97. The molecule has 2 aliphatic heterocycles. The fraction of sp³-hybridized carbons (Fsp3) is 0.333. The van der Waals surface area contributed by atoms with Crippen LogP contribution in [0.2, 0.25) is 0 Å². The van der Waals surface area contributed by atoms with E-state index in [1.165, 1.54) is 17.0 Å². The van der Waals surface area contributed by atoms with Crippen LogP contribution in [0.4, 0.5) is 5.69 Å². The fourth-order valence-corrected chi connectivity index (χ4v) is 6.34. The summed E-state index contributed by atoms with van der Waals surface area (Å²) in [6.45, 7) is 10.2. The highest BCUT2D eigenvalue weighted by Crippen LogP contribution is 2.43. The second-order valence-electron chi connectivity index (χ2n) is 10.7. The van der Waals surface area contributed by atoms with Crippen LogP contribution < -0.4 is 15.0 Å². The van der Waals surface area contributed by atoms with Crippen LogP contribution >= 0.6 is 12.2 Å². The van der Waals surface area contributed by atoms with E-state index in [1.807, 2.05) is 60.8 Å². The molecule has 0 bridgehead atoms. The molecule has 2 atom stereocenters. The smallest absolute Gasteiger partial charge is 0.174 e. The fourth-order valence-electron chi connectivity index (χ4n) is 6.00. The Morgan fingerprint density at radius 3 is 2.39 bits per heavy atom. The predicted molar refractivity (Wildman–Crippen MR) is 167 cm³/mol. The Balaban J connectivity index is 1.29. The van der Waals surface area contributed by atoms with Gasteiger partial charge in [-0.15, -0.1) is 0 Å². The minimum absolute atomic E-state index is 0.0440. The molecule has 2 fully saturated rings. The number of hydrogen-bond acceptors (Lipinski definition) is 5. The maximum Gasteiger partial charge on any atom is 0.174 e. The first kappa shape index (κ1) is 27.4. The molecule has 7 nitrogen and oxygen atoms in total. The summed E-state index contributed by atoms with van der Waals surface area (Å²) in [5, 5.41) is 4.29. The quantitative estimate of drug-likeness (QED) is 0.242.